The van der Waals surface area contributed by atoms with Gasteiger partial charge in [-0.25, -0.2) is 4.39 Å². The highest BCUT2D eigenvalue weighted by Gasteiger charge is 2.30. The second-order valence-electron chi connectivity index (χ2n) is 2.98. The van der Waals surface area contributed by atoms with Crippen LogP contribution in [0.2, 0.25) is 0 Å². The molecule has 0 radical (unpaired) electrons. The van der Waals surface area contributed by atoms with Gasteiger partial charge in [-0.05, 0) is 18.6 Å². The van der Waals surface area contributed by atoms with Crippen molar-refractivity contribution in [3.8, 4) is 0 Å². The van der Waals surface area contributed by atoms with Crippen LogP contribution in [-0.4, -0.2) is 15.7 Å². The first-order chi connectivity index (χ1) is 7.11. The minimum absolute atomic E-state index is 0.0262. The summed E-state index contributed by atoms with van der Waals surface area (Å²) >= 11 is 0. The Morgan fingerprint density at radius 1 is 1.33 bits per heavy atom. The monoisotopic (exact) mass is 228 g/mol. The first-order valence-electron chi connectivity index (χ1n) is 4.82. The highest BCUT2D eigenvalue weighted by atomic mass is 32.2. The number of hydrogen-bond acceptors (Lipinski definition) is 2. The minimum atomic E-state index is -1.34. The Morgan fingerprint density at radius 2 is 1.93 bits per heavy atom. The van der Waals surface area contributed by atoms with Gasteiger partial charge in [0.1, 0.15) is 5.82 Å². The third kappa shape index (κ3) is 2.00. The molecule has 0 aromatic heterocycles. The highest BCUT2D eigenvalue weighted by Crippen LogP contribution is 2.28. The van der Waals surface area contributed by atoms with E-state index in [0.717, 1.165) is 5.56 Å². The number of carbonyl (C=O) groups is 1. The number of aryl methyl sites for hydroxylation is 1. The zero-order chi connectivity index (χ0) is 11.6. The molecular formula is C11H13FO2S. The Morgan fingerprint density at radius 3 is 2.47 bits per heavy atom. The van der Waals surface area contributed by atoms with Crippen molar-refractivity contribution in [2.45, 2.75) is 25.7 Å². The van der Waals surface area contributed by atoms with Gasteiger partial charge in [-0.3, -0.25) is 9.00 Å². The third-order valence-electron chi connectivity index (χ3n) is 2.07. The standard InChI is InChI=1S/C9H7FO2S.C2H6/c1-5-2-3-6(10)8-7(11)4-13(12)9(5)8;1-2/h2-3H,4H2,1H3;1-2H3. The molecule has 4 heteroatoms. The van der Waals surface area contributed by atoms with Crippen LogP contribution in [-0.2, 0) is 10.8 Å². The zero-order valence-corrected chi connectivity index (χ0v) is 9.78. The summed E-state index contributed by atoms with van der Waals surface area (Å²) in [7, 11) is -1.34. The number of hydrogen-bond donors (Lipinski definition) is 0. The van der Waals surface area contributed by atoms with Gasteiger partial charge in [0.15, 0.2) is 5.78 Å². The van der Waals surface area contributed by atoms with Crippen molar-refractivity contribution < 1.29 is 13.4 Å². The van der Waals surface area contributed by atoms with Crippen molar-refractivity contribution in [3.63, 3.8) is 0 Å². The lowest BCUT2D eigenvalue weighted by molar-refractivity contribution is 0.101. The number of fused-ring (bicyclic) bond motifs is 1. The van der Waals surface area contributed by atoms with E-state index in [9.17, 15) is 13.4 Å². The van der Waals surface area contributed by atoms with Gasteiger partial charge in [0.25, 0.3) is 0 Å². The van der Waals surface area contributed by atoms with E-state index >= 15 is 0 Å². The van der Waals surface area contributed by atoms with E-state index in [1.165, 1.54) is 6.07 Å². The van der Waals surface area contributed by atoms with Crippen LogP contribution in [0.25, 0.3) is 0 Å². The topological polar surface area (TPSA) is 34.1 Å². The number of halogens is 1. The molecule has 0 amide bonds. The fourth-order valence-corrected chi connectivity index (χ4v) is 2.87. The molecule has 2 rings (SSSR count). The summed E-state index contributed by atoms with van der Waals surface area (Å²) in [6, 6.07) is 2.79. The largest absolute Gasteiger partial charge is 0.293 e. The Balaban J connectivity index is 0.000000531. The molecule has 0 aliphatic carbocycles. The van der Waals surface area contributed by atoms with Crippen LogP contribution in [0.4, 0.5) is 4.39 Å². The summed E-state index contributed by atoms with van der Waals surface area (Å²) < 4.78 is 24.5. The van der Waals surface area contributed by atoms with E-state index in [-0.39, 0.29) is 17.1 Å². The summed E-state index contributed by atoms with van der Waals surface area (Å²) in [6.07, 6.45) is 0. The van der Waals surface area contributed by atoms with Crippen LogP contribution in [0, 0.1) is 12.7 Å². The molecule has 0 saturated carbocycles. The van der Waals surface area contributed by atoms with Crippen LogP contribution in [0.5, 0.6) is 0 Å². The van der Waals surface area contributed by atoms with Crippen LogP contribution in [0.1, 0.15) is 29.8 Å². The molecule has 0 N–H and O–H groups in total. The number of ketones is 1. The van der Waals surface area contributed by atoms with Gasteiger partial charge in [0, 0.05) is 0 Å². The van der Waals surface area contributed by atoms with Gasteiger partial charge >= 0.3 is 0 Å². The van der Waals surface area contributed by atoms with Crippen molar-refractivity contribution in [2.24, 2.45) is 0 Å². The predicted octanol–water partition coefficient (Wildman–Crippen LogP) is 2.46. The molecule has 1 atom stereocenters. The van der Waals surface area contributed by atoms with E-state index in [1.807, 2.05) is 13.8 Å². The average Bonchev–Trinajstić information content (AvgIpc) is 2.52. The molecule has 1 aliphatic heterocycles. The summed E-state index contributed by atoms with van der Waals surface area (Å²) in [4.78, 5) is 11.6. The van der Waals surface area contributed by atoms with Crippen molar-refractivity contribution >= 4 is 16.6 Å². The summed E-state index contributed by atoms with van der Waals surface area (Å²) in [5, 5.41) is 0. The zero-order valence-electron chi connectivity index (χ0n) is 8.96. The Kier molecular flexibility index (Phi) is 3.74. The maximum Gasteiger partial charge on any atom is 0.179 e. The van der Waals surface area contributed by atoms with Crippen LogP contribution in [0.15, 0.2) is 17.0 Å². The van der Waals surface area contributed by atoms with Gasteiger partial charge < -0.3 is 0 Å². The SMILES string of the molecule is CC.Cc1ccc(F)c2c1S(=O)CC2=O. The van der Waals surface area contributed by atoms with Gasteiger partial charge in [-0.2, -0.15) is 0 Å². The first-order valence-corrected chi connectivity index (χ1v) is 6.14. The fourth-order valence-electron chi connectivity index (χ4n) is 1.48. The van der Waals surface area contributed by atoms with E-state index < -0.39 is 16.6 Å². The van der Waals surface area contributed by atoms with E-state index in [1.54, 1.807) is 13.0 Å². The summed E-state index contributed by atoms with van der Waals surface area (Å²) in [5.41, 5.74) is 0.749. The lowest BCUT2D eigenvalue weighted by Crippen LogP contribution is -1.99. The summed E-state index contributed by atoms with van der Waals surface area (Å²) in [5.74, 6) is -0.983. The number of rotatable bonds is 0. The van der Waals surface area contributed by atoms with Gasteiger partial charge in [-0.15, -0.1) is 0 Å². The van der Waals surface area contributed by atoms with Crippen molar-refractivity contribution in [1.82, 2.24) is 0 Å². The highest BCUT2D eigenvalue weighted by molar-refractivity contribution is 7.86. The molecule has 1 heterocycles. The summed E-state index contributed by atoms with van der Waals surface area (Å²) in [6.45, 7) is 5.73. The molecule has 1 aromatic carbocycles. The second-order valence-corrected chi connectivity index (χ2v) is 4.37. The van der Waals surface area contributed by atoms with E-state index in [2.05, 4.69) is 0 Å². The van der Waals surface area contributed by atoms with Crippen molar-refractivity contribution in [1.29, 1.82) is 0 Å². The van der Waals surface area contributed by atoms with E-state index in [0.29, 0.717) is 4.90 Å². The number of Topliss-reactive ketones (excluding diaryl/α,β-unsaturated/α-hetero) is 1. The van der Waals surface area contributed by atoms with Crippen LogP contribution >= 0.6 is 0 Å². The van der Waals surface area contributed by atoms with E-state index in [4.69, 9.17) is 0 Å². The molecule has 15 heavy (non-hydrogen) atoms. The van der Waals surface area contributed by atoms with Crippen LogP contribution < -0.4 is 0 Å². The van der Waals surface area contributed by atoms with Gasteiger partial charge in [0.05, 0.1) is 27.0 Å². The molecule has 1 aliphatic rings. The molecule has 0 bridgehead atoms. The first kappa shape index (κ1) is 12.0. The maximum atomic E-state index is 13.1. The fraction of sp³-hybridized carbons (Fsp3) is 0.364. The lowest BCUT2D eigenvalue weighted by Gasteiger charge is -2.01. The predicted molar refractivity (Wildman–Crippen MR) is 58.1 cm³/mol. The Bertz CT molecular complexity index is 388. The molecule has 0 saturated heterocycles. The maximum absolute atomic E-state index is 13.1. The van der Waals surface area contributed by atoms with Gasteiger partial charge in [0.2, 0.25) is 0 Å². The smallest absolute Gasteiger partial charge is 0.179 e. The van der Waals surface area contributed by atoms with Crippen molar-refractivity contribution in [2.75, 3.05) is 5.75 Å². The molecule has 1 unspecified atom stereocenters. The average molecular weight is 228 g/mol. The lowest BCUT2D eigenvalue weighted by atomic mass is 10.1. The van der Waals surface area contributed by atoms with Crippen LogP contribution in [0.3, 0.4) is 0 Å². The number of benzene rings is 1. The molecule has 2 nitrogen and oxygen atoms in total. The molecular weight excluding hydrogens is 215 g/mol. The van der Waals surface area contributed by atoms with Crippen molar-refractivity contribution in [3.05, 3.63) is 29.1 Å². The third-order valence-corrected chi connectivity index (χ3v) is 3.58. The Hall–Kier alpha value is -1.03. The number of carbonyl (C=O) groups excluding carboxylic acids is 1. The molecule has 82 valence electrons. The Labute approximate surface area is 91.0 Å². The molecule has 1 aromatic rings. The molecule has 0 spiro atoms. The normalized spacial score (nSPS) is 18.1. The second kappa shape index (κ2) is 4.66. The van der Waals surface area contributed by atoms with Gasteiger partial charge in [-0.1, -0.05) is 19.9 Å². The quantitative estimate of drug-likeness (QED) is 0.683. The molecule has 0 fully saturated rings. The minimum Gasteiger partial charge on any atom is -0.293 e.